The zero-order chi connectivity index (χ0) is 12.3. The first-order chi connectivity index (χ1) is 8.16. The molecular weight excluding hydrogens is 256 g/mol. The lowest BCUT2D eigenvalue weighted by Gasteiger charge is -2.07. The first-order valence-electron chi connectivity index (χ1n) is 5.12. The molecule has 0 amide bonds. The lowest BCUT2D eigenvalue weighted by Crippen LogP contribution is -2.10. The first kappa shape index (κ1) is 12.1. The Bertz CT molecular complexity index is 520. The molecule has 0 bridgehead atoms. The van der Waals surface area contributed by atoms with E-state index >= 15 is 0 Å². The van der Waals surface area contributed by atoms with E-state index in [0.717, 1.165) is 5.56 Å². The SMILES string of the molecule is Cc1ccc(Cl)c(OCC(=O)c2cccs2)c1. The molecular formula is C13H11ClO2S. The highest BCUT2D eigenvalue weighted by atomic mass is 35.5. The van der Waals surface area contributed by atoms with Crippen molar-refractivity contribution in [2.45, 2.75) is 6.92 Å². The minimum atomic E-state index is -0.0300. The summed E-state index contributed by atoms with van der Waals surface area (Å²) in [7, 11) is 0. The molecule has 0 aliphatic rings. The molecule has 0 atom stereocenters. The van der Waals surface area contributed by atoms with Gasteiger partial charge >= 0.3 is 0 Å². The van der Waals surface area contributed by atoms with Gasteiger partial charge in [-0.1, -0.05) is 23.7 Å². The fraction of sp³-hybridized carbons (Fsp3) is 0.154. The smallest absolute Gasteiger partial charge is 0.210 e. The molecule has 4 heteroatoms. The topological polar surface area (TPSA) is 26.3 Å². The molecule has 1 heterocycles. The Balaban J connectivity index is 2.03. The summed E-state index contributed by atoms with van der Waals surface area (Å²) in [5, 5.41) is 2.39. The van der Waals surface area contributed by atoms with E-state index in [1.54, 1.807) is 12.1 Å². The number of Topliss-reactive ketones (excluding diaryl/α,β-unsaturated/α-hetero) is 1. The Morgan fingerprint density at radius 3 is 2.94 bits per heavy atom. The van der Waals surface area contributed by atoms with Gasteiger partial charge in [-0.2, -0.15) is 0 Å². The van der Waals surface area contributed by atoms with Crippen molar-refractivity contribution in [1.29, 1.82) is 0 Å². The molecule has 1 aromatic heterocycles. The molecule has 0 unspecified atom stereocenters. The van der Waals surface area contributed by atoms with Crippen LogP contribution in [-0.2, 0) is 0 Å². The van der Waals surface area contributed by atoms with Crippen molar-refractivity contribution in [2.75, 3.05) is 6.61 Å². The summed E-state index contributed by atoms with van der Waals surface area (Å²) in [4.78, 5) is 12.4. The van der Waals surface area contributed by atoms with Gasteiger partial charge in [0, 0.05) is 0 Å². The van der Waals surface area contributed by atoms with Crippen LogP contribution < -0.4 is 4.74 Å². The van der Waals surface area contributed by atoms with Crippen molar-refractivity contribution in [3.05, 3.63) is 51.2 Å². The number of carbonyl (C=O) groups is 1. The number of thiophene rings is 1. The van der Waals surface area contributed by atoms with Crippen LogP contribution in [-0.4, -0.2) is 12.4 Å². The average Bonchev–Trinajstić information content (AvgIpc) is 2.83. The normalized spacial score (nSPS) is 10.2. The summed E-state index contributed by atoms with van der Waals surface area (Å²) >= 11 is 7.38. The Hall–Kier alpha value is -1.32. The lowest BCUT2D eigenvalue weighted by atomic mass is 10.2. The fourth-order valence-corrected chi connectivity index (χ4v) is 2.20. The van der Waals surface area contributed by atoms with Gasteiger partial charge in [-0.05, 0) is 36.1 Å². The average molecular weight is 267 g/mol. The number of hydrogen-bond donors (Lipinski definition) is 0. The molecule has 0 saturated heterocycles. The van der Waals surface area contributed by atoms with E-state index in [1.165, 1.54) is 11.3 Å². The van der Waals surface area contributed by atoms with E-state index in [-0.39, 0.29) is 12.4 Å². The van der Waals surface area contributed by atoms with Gasteiger partial charge in [-0.3, -0.25) is 4.79 Å². The van der Waals surface area contributed by atoms with Crippen LogP contribution in [0.25, 0.3) is 0 Å². The Labute approximate surface area is 109 Å². The number of ether oxygens (including phenoxy) is 1. The van der Waals surface area contributed by atoms with Gasteiger partial charge in [0.1, 0.15) is 5.75 Å². The van der Waals surface area contributed by atoms with Crippen LogP contribution in [0.1, 0.15) is 15.2 Å². The van der Waals surface area contributed by atoms with Crippen LogP contribution in [0.2, 0.25) is 5.02 Å². The molecule has 88 valence electrons. The summed E-state index contributed by atoms with van der Waals surface area (Å²) < 4.78 is 5.43. The summed E-state index contributed by atoms with van der Waals surface area (Å²) in [6.07, 6.45) is 0. The number of hydrogen-bond acceptors (Lipinski definition) is 3. The molecule has 0 spiro atoms. The van der Waals surface area contributed by atoms with Gasteiger partial charge in [0.15, 0.2) is 6.61 Å². The second-order valence-electron chi connectivity index (χ2n) is 3.62. The molecule has 17 heavy (non-hydrogen) atoms. The fourth-order valence-electron chi connectivity index (χ4n) is 1.37. The largest absolute Gasteiger partial charge is 0.484 e. The van der Waals surface area contributed by atoms with Crippen LogP contribution in [0.15, 0.2) is 35.7 Å². The minimum absolute atomic E-state index is 0.0175. The first-order valence-corrected chi connectivity index (χ1v) is 6.38. The number of rotatable bonds is 4. The third kappa shape index (κ3) is 3.08. The van der Waals surface area contributed by atoms with Crippen molar-refractivity contribution in [1.82, 2.24) is 0 Å². The number of aryl methyl sites for hydroxylation is 1. The molecule has 2 rings (SSSR count). The van der Waals surface area contributed by atoms with Crippen LogP contribution in [0, 0.1) is 6.92 Å². The molecule has 0 radical (unpaired) electrons. The third-order valence-electron chi connectivity index (χ3n) is 2.24. The van der Waals surface area contributed by atoms with Gasteiger partial charge in [-0.25, -0.2) is 0 Å². The standard InChI is InChI=1S/C13H11ClO2S/c1-9-4-5-10(14)12(7-9)16-8-11(15)13-3-2-6-17-13/h2-7H,8H2,1H3. The molecule has 1 aromatic carbocycles. The zero-order valence-electron chi connectivity index (χ0n) is 9.27. The van der Waals surface area contributed by atoms with Crippen molar-refractivity contribution < 1.29 is 9.53 Å². The minimum Gasteiger partial charge on any atom is -0.484 e. The predicted molar refractivity (Wildman–Crippen MR) is 70.3 cm³/mol. The molecule has 0 N–H and O–H groups in total. The third-order valence-corrected chi connectivity index (χ3v) is 3.46. The number of benzene rings is 1. The number of carbonyl (C=O) groups excluding carboxylic acids is 1. The van der Waals surface area contributed by atoms with E-state index < -0.39 is 0 Å². The van der Waals surface area contributed by atoms with Crippen molar-refractivity contribution in [3.63, 3.8) is 0 Å². The lowest BCUT2D eigenvalue weighted by molar-refractivity contribution is 0.0925. The highest BCUT2D eigenvalue weighted by Gasteiger charge is 2.09. The Morgan fingerprint density at radius 1 is 1.41 bits per heavy atom. The van der Waals surface area contributed by atoms with Gasteiger partial charge in [-0.15, -0.1) is 11.3 Å². The van der Waals surface area contributed by atoms with Gasteiger partial charge in [0.25, 0.3) is 0 Å². The van der Waals surface area contributed by atoms with Crippen molar-refractivity contribution >= 4 is 28.7 Å². The van der Waals surface area contributed by atoms with Crippen LogP contribution in [0.3, 0.4) is 0 Å². The zero-order valence-corrected chi connectivity index (χ0v) is 10.8. The molecule has 0 aliphatic heterocycles. The summed E-state index contributed by atoms with van der Waals surface area (Å²) in [5.41, 5.74) is 1.05. The van der Waals surface area contributed by atoms with Crippen LogP contribution in [0.4, 0.5) is 0 Å². The maximum atomic E-state index is 11.7. The molecule has 2 aromatic rings. The van der Waals surface area contributed by atoms with Gasteiger partial charge in [0.05, 0.1) is 9.90 Å². The van der Waals surface area contributed by atoms with E-state index in [9.17, 15) is 4.79 Å². The number of halogens is 1. The highest BCUT2D eigenvalue weighted by Crippen LogP contribution is 2.25. The maximum Gasteiger partial charge on any atom is 0.210 e. The summed E-state index contributed by atoms with van der Waals surface area (Å²) in [6.45, 7) is 1.97. The predicted octanol–water partition coefficient (Wildman–Crippen LogP) is 3.97. The second kappa shape index (κ2) is 5.34. The Kier molecular flexibility index (Phi) is 3.82. The van der Waals surface area contributed by atoms with E-state index in [1.807, 2.05) is 30.5 Å². The van der Waals surface area contributed by atoms with Crippen molar-refractivity contribution in [2.24, 2.45) is 0 Å². The summed E-state index contributed by atoms with van der Waals surface area (Å²) in [5.74, 6) is 0.522. The monoisotopic (exact) mass is 266 g/mol. The maximum absolute atomic E-state index is 11.7. The molecule has 0 saturated carbocycles. The molecule has 2 nitrogen and oxygen atoms in total. The summed E-state index contributed by atoms with van der Waals surface area (Å²) in [6, 6.07) is 9.12. The second-order valence-corrected chi connectivity index (χ2v) is 4.98. The van der Waals surface area contributed by atoms with E-state index in [0.29, 0.717) is 15.6 Å². The van der Waals surface area contributed by atoms with Gasteiger partial charge < -0.3 is 4.74 Å². The Morgan fingerprint density at radius 2 is 2.24 bits per heavy atom. The van der Waals surface area contributed by atoms with E-state index in [2.05, 4.69) is 0 Å². The van der Waals surface area contributed by atoms with E-state index in [4.69, 9.17) is 16.3 Å². The van der Waals surface area contributed by atoms with Gasteiger partial charge in [0.2, 0.25) is 5.78 Å². The van der Waals surface area contributed by atoms with Crippen molar-refractivity contribution in [3.8, 4) is 5.75 Å². The number of ketones is 1. The van der Waals surface area contributed by atoms with Crippen LogP contribution in [0.5, 0.6) is 5.75 Å². The molecule has 0 fully saturated rings. The highest BCUT2D eigenvalue weighted by molar-refractivity contribution is 7.12. The van der Waals surface area contributed by atoms with Crippen LogP contribution >= 0.6 is 22.9 Å². The molecule has 0 aliphatic carbocycles. The quantitative estimate of drug-likeness (QED) is 0.783.